The fourth-order valence-corrected chi connectivity index (χ4v) is 4.62. The lowest BCUT2D eigenvalue weighted by Crippen LogP contribution is -2.54. The molecule has 1 saturated heterocycles. The van der Waals surface area contributed by atoms with E-state index < -0.39 is 17.6 Å². The predicted octanol–water partition coefficient (Wildman–Crippen LogP) is 4.04. The molecule has 0 saturated carbocycles. The standard InChI is InChI=1S/C20H23N3O.C15H22N2O3/c1-4-18-13-23(14-21-18)19(17-7-5-15(2)6-8-17)20(24)22-11-9-16(3)10-12-22;1-11(18)13(17-14(19)15(2,3)16)10-20-9-12-7-5-4-6-8-12/h1,5-8,13-14,16,19H,9-12H2,2-3H3;4-8,13H,9-10,16H2,1-3H3,(H,17,19)/t;13-/m.1/s1. The molecule has 9 nitrogen and oxygen atoms in total. The Balaban J connectivity index is 0.000000245. The van der Waals surface area contributed by atoms with Crippen molar-refractivity contribution in [3.8, 4) is 12.3 Å². The van der Waals surface area contributed by atoms with E-state index in [1.54, 1.807) is 26.4 Å². The minimum absolute atomic E-state index is 0.117. The molecular weight excluding hydrogens is 554 g/mol. The number of rotatable bonds is 10. The van der Waals surface area contributed by atoms with Crippen LogP contribution >= 0.6 is 0 Å². The number of terminal acetylenes is 1. The van der Waals surface area contributed by atoms with Crippen molar-refractivity contribution in [2.45, 2.75) is 71.7 Å². The summed E-state index contributed by atoms with van der Waals surface area (Å²) < 4.78 is 7.31. The first-order valence-corrected chi connectivity index (χ1v) is 15.0. The van der Waals surface area contributed by atoms with Crippen LogP contribution in [0.15, 0.2) is 67.1 Å². The van der Waals surface area contributed by atoms with Gasteiger partial charge in [0.25, 0.3) is 0 Å². The Morgan fingerprint density at radius 2 is 1.75 bits per heavy atom. The number of nitrogens with zero attached hydrogens (tertiary/aromatic N) is 3. The topological polar surface area (TPSA) is 120 Å². The van der Waals surface area contributed by atoms with Gasteiger partial charge in [0.05, 0.1) is 25.1 Å². The summed E-state index contributed by atoms with van der Waals surface area (Å²) in [5.74, 6) is 2.80. The first-order valence-electron chi connectivity index (χ1n) is 15.0. The van der Waals surface area contributed by atoms with E-state index in [2.05, 4.69) is 23.1 Å². The van der Waals surface area contributed by atoms with Gasteiger partial charge in [-0.1, -0.05) is 67.1 Å². The highest BCUT2D eigenvalue weighted by atomic mass is 16.5. The number of Topliss-reactive ketones (excluding diaryl/α,β-unsaturated/α-hetero) is 1. The second kappa shape index (κ2) is 16.0. The molecule has 9 heteroatoms. The summed E-state index contributed by atoms with van der Waals surface area (Å²) in [6.45, 7) is 11.0. The van der Waals surface area contributed by atoms with Crippen molar-refractivity contribution < 1.29 is 19.1 Å². The van der Waals surface area contributed by atoms with Crippen molar-refractivity contribution in [3.63, 3.8) is 0 Å². The summed E-state index contributed by atoms with van der Waals surface area (Å²) in [5.41, 5.74) is 8.36. The maximum atomic E-state index is 13.2. The number of hydrogen-bond acceptors (Lipinski definition) is 6. The van der Waals surface area contributed by atoms with E-state index in [0.717, 1.165) is 37.1 Å². The molecule has 0 bridgehead atoms. The third-order valence-corrected chi connectivity index (χ3v) is 7.55. The van der Waals surface area contributed by atoms with Crippen LogP contribution in [0.25, 0.3) is 0 Å². The second-order valence-electron chi connectivity index (χ2n) is 12.0. The molecule has 3 aromatic rings. The number of benzene rings is 2. The van der Waals surface area contributed by atoms with Gasteiger partial charge in [-0.2, -0.15) is 0 Å². The van der Waals surface area contributed by atoms with Crippen molar-refractivity contribution in [2.75, 3.05) is 19.7 Å². The molecule has 44 heavy (non-hydrogen) atoms. The van der Waals surface area contributed by atoms with Crippen LogP contribution < -0.4 is 11.1 Å². The molecule has 2 atom stereocenters. The van der Waals surface area contributed by atoms with E-state index >= 15 is 0 Å². The van der Waals surface area contributed by atoms with Crippen LogP contribution in [0.3, 0.4) is 0 Å². The molecule has 2 aromatic carbocycles. The smallest absolute Gasteiger partial charge is 0.250 e. The maximum Gasteiger partial charge on any atom is 0.250 e. The zero-order valence-electron chi connectivity index (χ0n) is 26.5. The molecule has 1 unspecified atom stereocenters. The lowest BCUT2D eigenvalue weighted by atomic mass is 9.97. The van der Waals surface area contributed by atoms with Crippen LogP contribution in [-0.2, 0) is 25.7 Å². The molecule has 2 amide bonds. The van der Waals surface area contributed by atoms with Crippen LogP contribution in [0.4, 0.5) is 0 Å². The first-order chi connectivity index (χ1) is 20.9. The fraction of sp³-hybridized carbons (Fsp3) is 0.429. The Morgan fingerprint density at radius 1 is 1.11 bits per heavy atom. The predicted molar refractivity (Wildman–Crippen MR) is 171 cm³/mol. The largest absolute Gasteiger partial charge is 0.374 e. The number of ether oxygens (including phenoxy) is 1. The van der Waals surface area contributed by atoms with Gasteiger partial charge in [-0.25, -0.2) is 4.98 Å². The summed E-state index contributed by atoms with van der Waals surface area (Å²) in [7, 11) is 0. The molecule has 4 rings (SSSR count). The van der Waals surface area contributed by atoms with Gasteiger partial charge < -0.3 is 25.3 Å². The molecule has 1 aliphatic rings. The lowest BCUT2D eigenvalue weighted by Gasteiger charge is -2.33. The summed E-state index contributed by atoms with van der Waals surface area (Å²) in [6, 6.07) is 16.6. The lowest BCUT2D eigenvalue weighted by molar-refractivity contribution is -0.135. The van der Waals surface area contributed by atoms with Crippen LogP contribution in [0, 0.1) is 25.2 Å². The average molecular weight is 600 g/mol. The van der Waals surface area contributed by atoms with Gasteiger partial charge >= 0.3 is 0 Å². The Hall–Kier alpha value is -4.26. The Morgan fingerprint density at radius 3 is 2.30 bits per heavy atom. The molecule has 234 valence electrons. The minimum atomic E-state index is -1.02. The number of ketones is 1. The number of aromatic nitrogens is 2. The summed E-state index contributed by atoms with van der Waals surface area (Å²) in [4.78, 5) is 42.7. The van der Waals surface area contributed by atoms with E-state index in [4.69, 9.17) is 16.9 Å². The summed E-state index contributed by atoms with van der Waals surface area (Å²) >= 11 is 0. The van der Waals surface area contributed by atoms with Crippen LogP contribution in [0.2, 0.25) is 0 Å². The molecule has 0 spiro atoms. The number of piperidine rings is 1. The van der Waals surface area contributed by atoms with Crippen molar-refractivity contribution in [1.82, 2.24) is 19.8 Å². The van der Waals surface area contributed by atoms with Crippen LogP contribution in [-0.4, -0.2) is 63.3 Å². The zero-order valence-corrected chi connectivity index (χ0v) is 26.5. The normalized spacial score (nSPS) is 14.9. The number of imidazole rings is 1. The van der Waals surface area contributed by atoms with E-state index in [-0.39, 0.29) is 24.2 Å². The Bertz CT molecular complexity index is 1410. The molecular formula is C35H45N5O4. The third kappa shape index (κ3) is 10.2. The number of amides is 2. The molecule has 0 aliphatic carbocycles. The highest BCUT2D eigenvalue weighted by Crippen LogP contribution is 2.25. The maximum absolute atomic E-state index is 13.2. The first kappa shape index (κ1) is 34.2. The number of nitrogens with one attached hydrogen (secondary N) is 1. The van der Waals surface area contributed by atoms with Gasteiger partial charge in [0.2, 0.25) is 11.8 Å². The van der Waals surface area contributed by atoms with Crippen LogP contribution in [0.1, 0.15) is 69.0 Å². The number of hydrogen-bond donors (Lipinski definition) is 2. The summed E-state index contributed by atoms with van der Waals surface area (Å²) in [5, 5.41) is 2.60. The number of likely N-dealkylation sites (tertiary alicyclic amines) is 1. The number of carbonyl (C=O) groups is 3. The molecule has 2 heterocycles. The van der Waals surface area contributed by atoms with Gasteiger partial charge in [-0.3, -0.25) is 14.4 Å². The highest BCUT2D eigenvalue weighted by Gasteiger charge is 2.30. The second-order valence-corrected chi connectivity index (χ2v) is 12.0. The van der Waals surface area contributed by atoms with Gasteiger partial charge in [0.1, 0.15) is 17.8 Å². The monoisotopic (exact) mass is 599 g/mol. The quantitative estimate of drug-likeness (QED) is 0.340. The van der Waals surface area contributed by atoms with Crippen LogP contribution in [0.5, 0.6) is 0 Å². The minimum Gasteiger partial charge on any atom is -0.374 e. The average Bonchev–Trinajstić information content (AvgIpc) is 3.47. The summed E-state index contributed by atoms with van der Waals surface area (Å²) in [6.07, 6.45) is 11.0. The van der Waals surface area contributed by atoms with Gasteiger partial charge in [0, 0.05) is 19.3 Å². The van der Waals surface area contributed by atoms with Crippen molar-refractivity contribution in [2.24, 2.45) is 11.7 Å². The number of aryl methyl sites for hydroxylation is 1. The zero-order chi connectivity index (χ0) is 32.3. The molecule has 1 aliphatic heterocycles. The Kier molecular flexibility index (Phi) is 12.4. The Labute approximate surface area is 261 Å². The number of carbonyl (C=O) groups excluding carboxylic acids is 3. The number of nitrogens with two attached hydrogens (primary N) is 1. The molecule has 1 aromatic heterocycles. The molecule has 1 fully saturated rings. The van der Waals surface area contributed by atoms with E-state index in [1.165, 1.54) is 12.5 Å². The van der Waals surface area contributed by atoms with Crippen molar-refractivity contribution in [1.29, 1.82) is 0 Å². The van der Waals surface area contributed by atoms with E-state index in [1.807, 2.05) is 71.0 Å². The van der Waals surface area contributed by atoms with Crippen molar-refractivity contribution >= 4 is 17.6 Å². The van der Waals surface area contributed by atoms with Gasteiger partial charge in [-0.15, -0.1) is 6.42 Å². The SMILES string of the molecule is C#Cc1cn(C(C(=O)N2CCC(C)CC2)c2ccc(C)cc2)cn1.CC(=O)[C@@H](COCc1ccccc1)NC(=O)C(C)(C)N. The molecule has 3 N–H and O–H groups in total. The molecule has 0 radical (unpaired) electrons. The van der Waals surface area contributed by atoms with E-state index in [0.29, 0.717) is 18.2 Å². The van der Waals surface area contributed by atoms with Crippen molar-refractivity contribution in [3.05, 3.63) is 89.5 Å². The van der Waals surface area contributed by atoms with Gasteiger partial charge in [-0.05, 0) is 63.5 Å². The highest BCUT2D eigenvalue weighted by molar-refractivity contribution is 5.91. The van der Waals surface area contributed by atoms with E-state index in [9.17, 15) is 14.4 Å². The van der Waals surface area contributed by atoms with Gasteiger partial charge in [0.15, 0.2) is 5.78 Å². The fourth-order valence-electron chi connectivity index (χ4n) is 4.62. The third-order valence-electron chi connectivity index (χ3n) is 7.55.